The van der Waals surface area contributed by atoms with Crippen LogP contribution in [0.25, 0.3) is 10.5 Å². The van der Waals surface area contributed by atoms with Crippen molar-refractivity contribution in [2.75, 3.05) is 13.1 Å². The second-order valence-electron chi connectivity index (χ2n) is 3.25. The second kappa shape index (κ2) is 3.18. The molecule has 2 aromatic rings. The van der Waals surface area contributed by atoms with Gasteiger partial charge >= 0.3 is 0 Å². The highest BCUT2D eigenvalue weighted by Gasteiger charge is 2.11. The maximum absolute atomic E-state index is 4.47. The normalized spacial score (nSPS) is 17.3. The quantitative estimate of drug-likeness (QED) is 0.761. The standard InChI is InChI=1S/C9H10N4S/c1-3-10-4-2-7(1)8-11-9-13(12-8)5-6-14-9/h1,5-6,10H,2-4H2. The molecule has 0 unspecified atom stereocenters. The lowest BCUT2D eigenvalue weighted by atomic mass is 10.1. The monoisotopic (exact) mass is 206 g/mol. The smallest absolute Gasteiger partial charge is 0.212 e. The van der Waals surface area contributed by atoms with Gasteiger partial charge in [0, 0.05) is 18.1 Å². The Labute approximate surface area is 85.3 Å². The maximum atomic E-state index is 4.47. The van der Waals surface area contributed by atoms with Crippen molar-refractivity contribution in [3.05, 3.63) is 23.5 Å². The molecule has 0 aliphatic carbocycles. The molecular weight excluding hydrogens is 196 g/mol. The molecule has 0 bridgehead atoms. The largest absolute Gasteiger partial charge is 0.313 e. The van der Waals surface area contributed by atoms with Gasteiger partial charge in [-0.3, -0.25) is 0 Å². The highest BCUT2D eigenvalue weighted by Crippen LogP contribution is 2.18. The van der Waals surface area contributed by atoms with Gasteiger partial charge in [-0.2, -0.15) is 4.98 Å². The van der Waals surface area contributed by atoms with E-state index in [9.17, 15) is 0 Å². The van der Waals surface area contributed by atoms with Gasteiger partial charge in [-0.25, -0.2) is 4.52 Å². The number of aromatic nitrogens is 3. The van der Waals surface area contributed by atoms with Crippen molar-refractivity contribution in [3.8, 4) is 0 Å². The van der Waals surface area contributed by atoms with Gasteiger partial charge in [0.05, 0.1) is 0 Å². The number of hydrogen-bond donors (Lipinski definition) is 1. The summed E-state index contributed by atoms with van der Waals surface area (Å²) in [5, 5.41) is 9.69. The van der Waals surface area contributed by atoms with E-state index >= 15 is 0 Å². The maximum Gasteiger partial charge on any atom is 0.212 e. The minimum atomic E-state index is 0.887. The Morgan fingerprint density at radius 2 is 2.50 bits per heavy atom. The summed E-state index contributed by atoms with van der Waals surface area (Å²) in [7, 11) is 0. The summed E-state index contributed by atoms with van der Waals surface area (Å²) < 4.78 is 1.84. The molecule has 0 saturated carbocycles. The van der Waals surface area contributed by atoms with Crippen molar-refractivity contribution in [1.29, 1.82) is 0 Å². The predicted octanol–water partition coefficient (Wildman–Crippen LogP) is 1.17. The average molecular weight is 206 g/mol. The van der Waals surface area contributed by atoms with E-state index in [0.717, 1.165) is 30.3 Å². The van der Waals surface area contributed by atoms with Gasteiger partial charge < -0.3 is 5.32 Å². The molecule has 0 saturated heterocycles. The van der Waals surface area contributed by atoms with Crippen LogP contribution in [0.4, 0.5) is 0 Å². The third-order valence-corrected chi connectivity index (χ3v) is 3.07. The minimum Gasteiger partial charge on any atom is -0.313 e. The third kappa shape index (κ3) is 1.25. The lowest BCUT2D eigenvalue weighted by molar-refractivity contribution is 0.734. The summed E-state index contributed by atoms with van der Waals surface area (Å²) >= 11 is 1.62. The van der Waals surface area contributed by atoms with E-state index in [4.69, 9.17) is 0 Å². The molecule has 0 fully saturated rings. The number of nitrogens with one attached hydrogen (secondary N) is 1. The molecule has 0 spiro atoms. The number of thiazole rings is 1. The third-order valence-electron chi connectivity index (χ3n) is 2.33. The molecule has 1 N–H and O–H groups in total. The van der Waals surface area contributed by atoms with Crippen molar-refractivity contribution in [2.45, 2.75) is 6.42 Å². The van der Waals surface area contributed by atoms with Crippen LogP contribution in [0.15, 0.2) is 17.7 Å². The first-order chi connectivity index (χ1) is 6.93. The van der Waals surface area contributed by atoms with Crippen molar-refractivity contribution in [1.82, 2.24) is 19.9 Å². The number of fused-ring (bicyclic) bond motifs is 1. The Balaban J connectivity index is 2.04. The van der Waals surface area contributed by atoms with Gasteiger partial charge in [-0.1, -0.05) is 6.08 Å². The molecule has 3 heterocycles. The summed E-state index contributed by atoms with van der Waals surface area (Å²) in [6, 6.07) is 0. The van der Waals surface area contributed by atoms with Crippen molar-refractivity contribution < 1.29 is 0 Å². The van der Waals surface area contributed by atoms with E-state index in [1.54, 1.807) is 11.3 Å². The summed E-state index contributed by atoms with van der Waals surface area (Å²) in [4.78, 5) is 5.44. The van der Waals surface area contributed by atoms with Gasteiger partial charge in [0.25, 0.3) is 0 Å². The molecule has 5 heteroatoms. The summed E-state index contributed by atoms with van der Waals surface area (Å²) in [5.74, 6) is 0.887. The Kier molecular flexibility index (Phi) is 1.85. The van der Waals surface area contributed by atoms with Crippen LogP contribution in [0, 0.1) is 0 Å². The molecule has 14 heavy (non-hydrogen) atoms. The second-order valence-corrected chi connectivity index (χ2v) is 4.12. The van der Waals surface area contributed by atoms with Crippen molar-refractivity contribution >= 4 is 21.9 Å². The predicted molar refractivity (Wildman–Crippen MR) is 56.3 cm³/mol. The molecule has 0 atom stereocenters. The number of rotatable bonds is 1. The zero-order valence-electron chi connectivity index (χ0n) is 7.60. The van der Waals surface area contributed by atoms with E-state index < -0.39 is 0 Å². The fourth-order valence-corrected chi connectivity index (χ4v) is 2.24. The van der Waals surface area contributed by atoms with Crippen LogP contribution in [0.3, 0.4) is 0 Å². The Hall–Kier alpha value is -1.20. The lowest BCUT2D eigenvalue weighted by Gasteiger charge is -2.10. The topological polar surface area (TPSA) is 42.2 Å². The van der Waals surface area contributed by atoms with E-state index in [1.807, 2.05) is 16.1 Å². The molecule has 72 valence electrons. The van der Waals surface area contributed by atoms with Crippen molar-refractivity contribution in [3.63, 3.8) is 0 Å². The van der Waals surface area contributed by atoms with Crippen LogP contribution in [0.1, 0.15) is 12.2 Å². The molecule has 1 aliphatic heterocycles. The van der Waals surface area contributed by atoms with E-state index in [1.165, 1.54) is 5.57 Å². The summed E-state index contributed by atoms with van der Waals surface area (Å²) in [6.07, 6.45) is 5.14. The first-order valence-electron chi connectivity index (χ1n) is 4.63. The van der Waals surface area contributed by atoms with Crippen LogP contribution in [-0.4, -0.2) is 27.7 Å². The molecule has 0 amide bonds. The lowest BCUT2D eigenvalue weighted by Crippen LogP contribution is -2.20. The van der Waals surface area contributed by atoms with Gasteiger partial charge in [-0.15, -0.1) is 16.4 Å². The van der Waals surface area contributed by atoms with Crippen molar-refractivity contribution in [2.24, 2.45) is 0 Å². The van der Waals surface area contributed by atoms with Crippen LogP contribution in [-0.2, 0) is 0 Å². The first-order valence-corrected chi connectivity index (χ1v) is 5.51. The van der Waals surface area contributed by atoms with E-state index in [0.29, 0.717) is 0 Å². The van der Waals surface area contributed by atoms with Gasteiger partial charge in [-0.05, 0) is 18.5 Å². The van der Waals surface area contributed by atoms with Crippen LogP contribution >= 0.6 is 11.3 Å². The fourth-order valence-electron chi connectivity index (χ4n) is 1.60. The Morgan fingerprint density at radius 1 is 1.50 bits per heavy atom. The average Bonchev–Trinajstić information content (AvgIpc) is 2.78. The Bertz CT molecular complexity index is 453. The first kappa shape index (κ1) is 8.14. The van der Waals surface area contributed by atoms with Crippen LogP contribution in [0.5, 0.6) is 0 Å². The molecular formula is C9H10N4S. The summed E-state index contributed by atoms with van der Waals surface area (Å²) in [6.45, 7) is 1.96. The van der Waals surface area contributed by atoms with E-state index in [2.05, 4.69) is 21.5 Å². The Morgan fingerprint density at radius 3 is 3.29 bits per heavy atom. The molecule has 4 nitrogen and oxygen atoms in total. The zero-order valence-corrected chi connectivity index (χ0v) is 8.42. The molecule has 0 radical (unpaired) electrons. The molecule has 2 aromatic heterocycles. The van der Waals surface area contributed by atoms with Gasteiger partial charge in [0.1, 0.15) is 0 Å². The van der Waals surface area contributed by atoms with Gasteiger partial charge in [0.15, 0.2) is 5.82 Å². The zero-order chi connectivity index (χ0) is 9.38. The molecule has 0 aromatic carbocycles. The fraction of sp³-hybridized carbons (Fsp3) is 0.333. The number of nitrogens with zero attached hydrogens (tertiary/aromatic N) is 3. The minimum absolute atomic E-state index is 0.887. The van der Waals surface area contributed by atoms with Crippen LogP contribution in [0.2, 0.25) is 0 Å². The highest BCUT2D eigenvalue weighted by atomic mass is 32.1. The number of hydrogen-bond acceptors (Lipinski definition) is 4. The highest BCUT2D eigenvalue weighted by molar-refractivity contribution is 7.15. The van der Waals surface area contributed by atoms with Crippen LogP contribution < -0.4 is 5.32 Å². The SMILES string of the molecule is C1=C(c2nc3sccn3n2)CCNC1. The van der Waals surface area contributed by atoms with E-state index in [-0.39, 0.29) is 0 Å². The summed E-state index contributed by atoms with van der Waals surface area (Å²) in [5.41, 5.74) is 1.26. The molecule has 1 aliphatic rings. The molecule has 3 rings (SSSR count). The van der Waals surface area contributed by atoms with Gasteiger partial charge in [0.2, 0.25) is 4.96 Å².